The maximum absolute atomic E-state index is 13.1. The third-order valence-electron chi connectivity index (χ3n) is 8.00. The number of hydrogen-bond acceptors (Lipinski definition) is 6. The SMILES string of the molecule is CC.CCNC(=O)c1cc2c(cc1OCC(=O)OC(C)(C)C)[n+](CC)c(CNC(=O)OCC1c3ccccc3-c3ccccc31)n2CC. The molecule has 0 spiro atoms. The fraction of sp³-hybridized carbons (Fsp3) is 0.421. The minimum Gasteiger partial charge on any atom is -0.481 e. The zero-order valence-corrected chi connectivity index (χ0v) is 29.4. The Hall–Kier alpha value is -4.86. The van der Waals surface area contributed by atoms with E-state index in [1.165, 1.54) is 11.1 Å². The van der Waals surface area contributed by atoms with Crippen molar-refractivity contribution in [1.82, 2.24) is 15.2 Å². The van der Waals surface area contributed by atoms with Gasteiger partial charge in [0.15, 0.2) is 17.6 Å². The third kappa shape index (κ3) is 7.81. The second-order valence-electron chi connectivity index (χ2n) is 12.2. The van der Waals surface area contributed by atoms with Gasteiger partial charge < -0.3 is 24.8 Å². The highest BCUT2D eigenvalue weighted by Crippen LogP contribution is 2.44. The Morgan fingerprint density at radius 2 is 1.52 bits per heavy atom. The van der Waals surface area contributed by atoms with E-state index in [9.17, 15) is 14.4 Å². The molecule has 0 saturated carbocycles. The molecule has 10 heteroatoms. The summed E-state index contributed by atoms with van der Waals surface area (Å²) in [6.45, 7) is 16.9. The van der Waals surface area contributed by atoms with Gasteiger partial charge in [-0.3, -0.25) is 4.79 Å². The summed E-state index contributed by atoms with van der Waals surface area (Å²) >= 11 is 0. The lowest BCUT2D eigenvalue weighted by molar-refractivity contribution is -0.676. The predicted molar refractivity (Wildman–Crippen MR) is 186 cm³/mol. The quantitative estimate of drug-likeness (QED) is 0.141. The zero-order valence-electron chi connectivity index (χ0n) is 29.4. The van der Waals surface area contributed by atoms with Crippen molar-refractivity contribution in [2.45, 2.75) is 86.5 Å². The van der Waals surface area contributed by atoms with Crippen LogP contribution in [0.4, 0.5) is 4.79 Å². The van der Waals surface area contributed by atoms with Crippen molar-refractivity contribution in [3.8, 4) is 16.9 Å². The number of aryl methyl sites for hydroxylation is 2. The maximum Gasteiger partial charge on any atom is 0.407 e. The molecule has 1 aromatic heterocycles. The third-order valence-corrected chi connectivity index (χ3v) is 8.00. The molecule has 0 aliphatic heterocycles. The molecular weight excluding hydrogens is 608 g/mol. The number of benzene rings is 3. The Bertz CT molecular complexity index is 1730. The first-order chi connectivity index (χ1) is 23.1. The van der Waals surface area contributed by atoms with Crippen molar-refractivity contribution >= 4 is 29.0 Å². The summed E-state index contributed by atoms with van der Waals surface area (Å²) in [5.41, 5.74) is 5.91. The van der Waals surface area contributed by atoms with E-state index >= 15 is 0 Å². The van der Waals surface area contributed by atoms with Gasteiger partial charge in [-0.1, -0.05) is 62.4 Å². The highest BCUT2D eigenvalue weighted by molar-refractivity contribution is 6.00. The van der Waals surface area contributed by atoms with Gasteiger partial charge in [0.2, 0.25) is 0 Å². The molecule has 0 atom stereocenters. The van der Waals surface area contributed by atoms with Gasteiger partial charge in [-0.15, -0.1) is 0 Å². The fourth-order valence-corrected chi connectivity index (χ4v) is 6.17. The maximum atomic E-state index is 13.1. The molecular formula is C38H49N4O6+. The molecule has 5 rings (SSSR count). The lowest BCUT2D eigenvalue weighted by atomic mass is 9.98. The second kappa shape index (κ2) is 15.8. The Balaban J connectivity index is 0.00000255. The van der Waals surface area contributed by atoms with Crippen LogP contribution in [-0.2, 0) is 33.9 Å². The number of aromatic nitrogens is 2. The number of esters is 1. The molecule has 1 aliphatic rings. The molecule has 2 N–H and O–H groups in total. The van der Waals surface area contributed by atoms with Gasteiger partial charge in [0.1, 0.15) is 24.5 Å². The van der Waals surface area contributed by atoms with Gasteiger partial charge in [-0.2, -0.15) is 0 Å². The van der Waals surface area contributed by atoms with Crippen LogP contribution in [-0.4, -0.2) is 47.9 Å². The topological polar surface area (TPSA) is 112 Å². The average Bonchev–Trinajstić information content (AvgIpc) is 3.56. The summed E-state index contributed by atoms with van der Waals surface area (Å²) in [6.07, 6.45) is -0.512. The summed E-state index contributed by atoms with van der Waals surface area (Å²) in [5.74, 6) is 0.230. The number of fused-ring (bicyclic) bond motifs is 4. The van der Waals surface area contributed by atoms with Gasteiger partial charge in [-0.25, -0.2) is 18.7 Å². The van der Waals surface area contributed by atoms with Crippen molar-refractivity contribution in [1.29, 1.82) is 0 Å². The molecule has 3 aromatic carbocycles. The standard InChI is InChI=1S/C36H42N4O6.C2H6/c1-7-37-34(42)27-18-29-30(19-31(27)44-22-33(41)46-36(4,5)6)40(9-3)32(39(29)8-2)20-38-35(43)45-21-28-25-16-12-10-14-23(25)24-15-11-13-17-26(24)28;1-2/h10-19,28H,7-9,20-22H2,1-6H3,(H-,37,38,42,43);1-2H3/p+1. The summed E-state index contributed by atoms with van der Waals surface area (Å²) in [7, 11) is 0. The van der Waals surface area contributed by atoms with Crippen LogP contribution >= 0.6 is 0 Å². The number of rotatable bonds is 11. The van der Waals surface area contributed by atoms with E-state index in [0.29, 0.717) is 25.2 Å². The minimum absolute atomic E-state index is 0.0346. The van der Waals surface area contributed by atoms with E-state index in [1.54, 1.807) is 32.9 Å². The largest absolute Gasteiger partial charge is 0.481 e. The number of ether oxygens (including phenoxy) is 3. The van der Waals surface area contributed by atoms with Gasteiger partial charge in [0.05, 0.1) is 18.7 Å². The van der Waals surface area contributed by atoms with Crippen LogP contribution in [0.3, 0.4) is 0 Å². The van der Waals surface area contributed by atoms with E-state index < -0.39 is 17.7 Å². The lowest BCUT2D eigenvalue weighted by Gasteiger charge is -2.19. The van der Waals surface area contributed by atoms with Crippen LogP contribution in [0.1, 0.15) is 88.6 Å². The van der Waals surface area contributed by atoms with Crippen molar-refractivity contribution in [2.24, 2.45) is 0 Å². The van der Waals surface area contributed by atoms with E-state index in [0.717, 1.165) is 28.0 Å². The first-order valence-corrected chi connectivity index (χ1v) is 16.9. The molecule has 0 radical (unpaired) electrons. The number of carbonyl (C=O) groups excluding carboxylic acids is 3. The van der Waals surface area contributed by atoms with Crippen LogP contribution in [0.5, 0.6) is 5.75 Å². The molecule has 4 aromatic rings. The summed E-state index contributed by atoms with van der Waals surface area (Å²) < 4.78 is 21.2. The number of hydrogen-bond donors (Lipinski definition) is 2. The number of amides is 2. The molecule has 0 unspecified atom stereocenters. The number of imidazole rings is 1. The monoisotopic (exact) mass is 657 g/mol. The average molecular weight is 658 g/mol. The molecule has 0 saturated heterocycles. The van der Waals surface area contributed by atoms with Crippen molar-refractivity contribution in [2.75, 3.05) is 19.8 Å². The zero-order chi connectivity index (χ0) is 35.0. The molecule has 256 valence electrons. The lowest BCUT2D eigenvalue weighted by Crippen LogP contribution is -2.40. The van der Waals surface area contributed by atoms with Crippen LogP contribution in [0.2, 0.25) is 0 Å². The van der Waals surface area contributed by atoms with Crippen LogP contribution < -0.4 is 19.9 Å². The molecule has 1 heterocycles. The van der Waals surface area contributed by atoms with E-state index in [1.807, 2.05) is 58.9 Å². The molecule has 1 aliphatic carbocycles. The number of carbonyl (C=O) groups is 3. The Labute approximate surface area is 283 Å². The van der Waals surface area contributed by atoms with Gasteiger partial charge >= 0.3 is 12.1 Å². The number of alkyl carbamates (subject to hydrolysis) is 1. The van der Waals surface area contributed by atoms with Gasteiger partial charge in [-0.05, 0) is 63.8 Å². The van der Waals surface area contributed by atoms with Crippen LogP contribution in [0.25, 0.3) is 22.2 Å². The predicted octanol–water partition coefficient (Wildman–Crippen LogP) is 6.50. The Morgan fingerprint density at radius 1 is 0.896 bits per heavy atom. The smallest absolute Gasteiger partial charge is 0.407 e. The van der Waals surface area contributed by atoms with Crippen molar-refractivity contribution < 1.29 is 33.2 Å². The first-order valence-electron chi connectivity index (χ1n) is 16.9. The first kappa shape index (κ1) is 36.0. The highest BCUT2D eigenvalue weighted by Gasteiger charge is 2.31. The van der Waals surface area contributed by atoms with E-state index in [-0.39, 0.29) is 37.3 Å². The Morgan fingerprint density at radius 3 is 2.08 bits per heavy atom. The van der Waals surface area contributed by atoms with Crippen molar-refractivity contribution in [3.63, 3.8) is 0 Å². The fourth-order valence-electron chi connectivity index (χ4n) is 6.17. The minimum atomic E-state index is -0.661. The molecule has 0 fully saturated rings. The molecule has 48 heavy (non-hydrogen) atoms. The number of nitrogens with zero attached hydrogens (tertiary/aromatic N) is 2. The molecule has 10 nitrogen and oxygen atoms in total. The summed E-state index contributed by atoms with van der Waals surface area (Å²) in [5, 5.41) is 5.77. The van der Waals surface area contributed by atoms with Crippen LogP contribution in [0.15, 0.2) is 60.7 Å². The van der Waals surface area contributed by atoms with Gasteiger partial charge in [0, 0.05) is 24.6 Å². The van der Waals surface area contributed by atoms with E-state index in [2.05, 4.69) is 44.0 Å². The summed E-state index contributed by atoms with van der Waals surface area (Å²) in [6, 6.07) is 20.0. The molecule has 2 amide bonds. The van der Waals surface area contributed by atoms with E-state index in [4.69, 9.17) is 14.2 Å². The second-order valence-corrected chi connectivity index (χ2v) is 12.2. The van der Waals surface area contributed by atoms with Crippen molar-refractivity contribution in [3.05, 3.63) is 83.2 Å². The highest BCUT2D eigenvalue weighted by atomic mass is 16.6. The Kier molecular flexibility index (Phi) is 11.9. The normalized spacial score (nSPS) is 12.0. The van der Waals surface area contributed by atoms with Crippen LogP contribution in [0, 0.1) is 0 Å². The number of nitrogens with one attached hydrogen (secondary N) is 2. The molecule has 0 bridgehead atoms. The summed E-state index contributed by atoms with van der Waals surface area (Å²) in [4.78, 5) is 38.6. The van der Waals surface area contributed by atoms with Gasteiger partial charge in [0.25, 0.3) is 11.7 Å².